The quantitative estimate of drug-likeness (QED) is 0.926. The second-order valence-corrected chi connectivity index (χ2v) is 7.08. The maximum Gasteiger partial charge on any atom is 0.0589 e. The van der Waals surface area contributed by atoms with Crippen molar-refractivity contribution in [2.75, 3.05) is 25.4 Å². The Balaban J connectivity index is 1.89. The normalized spacial score (nSPS) is 19.5. The minimum Gasteiger partial charge on any atom is -0.393 e. The first-order valence-electron chi connectivity index (χ1n) is 6.30. The van der Waals surface area contributed by atoms with Crippen molar-refractivity contribution in [3.05, 3.63) is 28.2 Å². The lowest BCUT2D eigenvalue weighted by atomic mass is 10.1. The van der Waals surface area contributed by atoms with E-state index in [1.165, 1.54) is 0 Å². The molecule has 0 amide bonds. The standard InChI is InChI=1S/C13H17Cl2NO2S/c14-10-1-2-12(15)13(9-10)19(18)8-7-16-5-3-11(17)4-6-16/h1-2,9,11,17H,3-8H2. The van der Waals surface area contributed by atoms with E-state index in [0.717, 1.165) is 32.5 Å². The Kier molecular flexibility index (Phi) is 5.66. The highest BCUT2D eigenvalue weighted by atomic mass is 35.5. The molecule has 1 fully saturated rings. The van der Waals surface area contributed by atoms with Crippen molar-refractivity contribution in [1.29, 1.82) is 0 Å². The van der Waals surface area contributed by atoms with Crippen molar-refractivity contribution in [3.63, 3.8) is 0 Å². The molecule has 1 heterocycles. The van der Waals surface area contributed by atoms with Crippen molar-refractivity contribution < 1.29 is 9.32 Å². The van der Waals surface area contributed by atoms with Gasteiger partial charge >= 0.3 is 0 Å². The van der Waals surface area contributed by atoms with Gasteiger partial charge in [-0.1, -0.05) is 23.2 Å². The Bertz CT molecular complexity index is 462. The largest absolute Gasteiger partial charge is 0.393 e. The first-order valence-corrected chi connectivity index (χ1v) is 8.37. The fourth-order valence-corrected chi connectivity index (χ4v) is 3.92. The van der Waals surface area contributed by atoms with Crippen molar-refractivity contribution in [3.8, 4) is 0 Å². The number of nitrogens with zero attached hydrogens (tertiary/aromatic N) is 1. The highest BCUT2D eigenvalue weighted by Gasteiger charge is 2.18. The summed E-state index contributed by atoms with van der Waals surface area (Å²) in [5, 5.41) is 10.5. The summed E-state index contributed by atoms with van der Waals surface area (Å²) in [5.74, 6) is 0.538. The zero-order chi connectivity index (χ0) is 13.8. The molecule has 1 aromatic rings. The van der Waals surface area contributed by atoms with E-state index in [-0.39, 0.29) is 6.10 Å². The Labute approximate surface area is 126 Å². The maximum absolute atomic E-state index is 12.2. The van der Waals surface area contributed by atoms with Gasteiger partial charge in [0.2, 0.25) is 0 Å². The number of hydrogen-bond donors (Lipinski definition) is 1. The Morgan fingerprint density at radius 3 is 2.68 bits per heavy atom. The number of aliphatic hydroxyl groups excluding tert-OH is 1. The number of benzene rings is 1. The SMILES string of the molecule is O=S(CCN1CCC(O)CC1)c1cc(Cl)ccc1Cl. The van der Waals surface area contributed by atoms with E-state index in [1.807, 2.05) is 0 Å². The number of aliphatic hydroxyl groups is 1. The molecule has 1 unspecified atom stereocenters. The van der Waals surface area contributed by atoms with Crippen LogP contribution in [0, 0.1) is 0 Å². The summed E-state index contributed by atoms with van der Waals surface area (Å²) < 4.78 is 12.2. The topological polar surface area (TPSA) is 40.5 Å². The summed E-state index contributed by atoms with van der Waals surface area (Å²) in [6.45, 7) is 2.48. The van der Waals surface area contributed by atoms with Gasteiger partial charge in [0.05, 0.1) is 26.8 Å². The van der Waals surface area contributed by atoms with Gasteiger partial charge in [0.1, 0.15) is 0 Å². The van der Waals surface area contributed by atoms with Crippen LogP contribution < -0.4 is 0 Å². The predicted octanol–water partition coefficient (Wildman–Crippen LogP) is 2.56. The minimum absolute atomic E-state index is 0.177. The fourth-order valence-electron chi connectivity index (χ4n) is 2.12. The van der Waals surface area contributed by atoms with E-state index in [2.05, 4.69) is 4.90 Å². The molecule has 1 atom stereocenters. The molecule has 0 saturated carbocycles. The van der Waals surface area contributed by atoms with Crippen molar-refractivity contribution >= 4 is 34.0 Å². The van der Waals surface area contributed by atoms with Crippen LogP contribution in [-0.4, -0.2) is 45.7 Å². The van der Waals surface area contributed by atoms with Gasteiger partial charge in [0.25, 0.3) is 0 Å². The van der Waals surface area contributed by atoms with Gasteiger partial charge in [-0.2, -0.15) is 0 Å². The minimum atomic E-state index is -1.14. The van der Waals surface area contributed by atoms with Crippen LogP contribution >= 0.6 is 23.2 Å². The van der Waals surface area contributed by atoms with Crippen molar-refractivity contribution in [2.24, 2.45) is 0 Å². The third-order valence-electron chi connectivity index (χ3n) is 3.29. The van der Waals surface area contributed by atoms with Gasteiger partial charge in [0.15, 0.2) is 0 Å². The fraction of sp³-hybridized carbons (Fsp3) is 0.538. The van der Waals surface area contributed by atoms with Crippen LogP contribution in [0.4, 0.5) is 0 Å². The third-order valence-corrected chi connectivity index (χ3v) is 5.35. The molecular formula is C13H17Cl2NO2S. The van der Waals surface area contributed by atoms with E-state index in [0.29, 0.717) is 20.7 Å². The second kappa shape index (κ2) is 7.04. The highest BCUT2D eigenvalue weighted by Crippen LogP contribution is 2.24. The molecule has 1 aromatic carbocycles. The molecular weight excluding hydrogens is 305 g/mol. The monoisotopic (exact) mass is 321 g/mol. The van der Waals surface area contributed by atoms with Gasteiger partial charge in [0, 0.05) is 30.4 Å². The summed E-state index contributed by atoms with van der Waals surface area (Å²) >= 11 is 11.9. The van der Waals surface area contributed by atoms with Crippen LogP contribution in [0.1, 0.15) is 12.8 Å². The summed E-state index contributed by atoms with van der Waals surface area (Å²) in [4.78, 5) is 2.83. The summed E-state index contributed by atoms with van der Waals surface area (Å²) in [6.07, 6.45) is 1.42. The zero-order valence-electron chi connectivity index (χ0n) is 10.5. The van der Waals surface area contributed by atoms with Gasteiger partial charge in [-0.25, -0.2) is 0 Å². The lowest BCUT2D eigenvalue weighted by molar-refractivity contribution is 0.0856. The smallest absolute Gasteiger partial charge is 0.0589 e. The van der Waals surface area contributed by atoms with Crippen LogP contribution in [0.25, 0.3) is 0 Å². The Hall–Kier alpha value is -0.130. The summed E-state index contributed by atoms with van der Waals surface area (Å²) in [5.41, 5.74) is 0. The van der Waals surface area contributed by atoms with E-state index in [4.69, 9.17) is 23.2 Å². The Morgan fingerprint density at radius 1 is 1.32 bits per heavy atom. The molecule has 0 aliphatic carbocycles. The van der Waals surface area contributed by atoms with Gasteiger partial charge in [-0.05, 0) is 31.0 Å². The molecule has 3 nitrogen and oxygen atoms in total. The number of piperidine rings is 1. The van der Waals surface area contributed by atoms with Gasteiger partial charge < -0.3 is 10.0 Å². The molecule has 1 aliphatic rings. The van der Waals surface area contributed by atoms with Crippen molar-refractivity contribution in [2.45, 2.75) is 23.8 Å². The molecule has 0 aromatic heterocycles. The maximum atomic E-state index is 12.2. The summed E-state index contributed by atoms with van der Waals surface area (Å²) in [6, 6.07) is 5.03. The molecule has 19 heavy (non-hydrogen) atoms. The third kappa shape index (κ3) is 4.43. The molecule has 106 valence electrons. The van der Waals surface area contributed by atoms with Gasteiger partial charge in [-0.15, -0.1) is 0 Å². The van der Waals surface area contributed by atoms with E-state index >= 15 is 0 Å². The number of rotatable bonds is 4. The molecule has 0 bridgehead atoms. The van der Waals surface area contributed by atoms with E-state index in [1.54, 1.807) is 18.2 Å². The van der Waals surface area contributed by atoms with Crippen LogP contribution in [0.5, 0.6) is 0 Å². The number of halogens is 2. The van der Waals surface area contributed by atoms with E-state index in [9.17, 15) is 9.32 Å². The zero-order valence-corrected chi connectivity index (χ0v) is 12.8. The average Bonchev–Trinajstić information content (AvgIpc) is 2.40. The molecule has 2 rings (SSSR count). The molecule has 1 N–H and O–H groups in total. The molecule has 0 radical (unpaired) electrons. The van der Waals surface area contributed by atoms with Crippen LogP contribution in [0.3, 0.4) is 0 Å². The van der Waals surface area contributed by atoms with Crippen molar-refractivity contribution in [1.82, 2.24) is 4.90 Å². The first kappa shape index (κ1) is 15.3. The predicted molar refractivity (Wildman–Crippen MR) is 79.4 cm³/mol. The lowest BCUT2D eigenvalue weighted by Crippen LogP contribution is -2.38. The van der Waals surface area contributed by atoms with Crippen LogP contribution in [-0.2, 0) is 10.8 Å². The first-order chi connectivity index (χ1) is 9.06. The van der Waals surface area contributed by atoms with E-state index < -0.39 is 10.8 Å². The lowest BCUT2D eigenvalue weighted by Gasteiger charge is -2.29. The average molecular weight is 322 g/mol. The summed E-state index contributed by atoms with van der Waals surface area (Å²) in [7, 11) is -1.14. The van der Waals surface area contributed by atoms with Crippen LogP contribution in [0.15, 0.2) is 23.1 Å². The molecule has 1 aliphatic heterocycles. The highest BCUT2D eigenvalue weighted by molar-refractivity contribution is 7.85. The molecule has 1 saturated heterocycles. The number of hydrogen-bond acceptors (Lipinski definition) is 3. The molecule has 0 spiro atoms. The second-order valence-electron chi connectivity index (χ2n) is 4.70. The van der Waals surface area contributed by atoms with Gasteiger partial charge in [-0.3, -0.25) is 4.21 Å². The Morgan fingerprint density at radius 2 is 2.00 bits per heavy atom. The number of likely N-dealkylation sites (tertiary alicyclic amines) is 1. The molecule has 6 heteroatoms. The van der Waals surface area contributed by atoms with Crippen LogP contribution in [0.2, 0.25) is 10.0 Å².